The molecule has 1 fully saturated rings. The second-order valence-corrected chi connectivity index (χ2v) is 3.49. The summed E-state index contributed by atoms with van der Waals surface area (Å²) >= 11 is 5.34. The van der Waals surface area contributed by atoms with E-state index in [2.05, 4.69) is 11.9 Å². The van der Waals surface area contributed by atoms with Crippen molar-refractivity contribution in [2.75, 3.05) is 6.54 Å². The maximum absolute atomic E-state index is 12.2. The molecule has 0 aliphatic heterocycles. The molecule has 0 aromatic carbocycles. The molecule has 12 heavy (non-hydrogen) atoms. The summed E-state index contributed by atoms with van der Waals surface area (Å²) in [6.07, 6.45) is -3.89. The van der Waals surface area contributed by atoms with Gasteiger partial charge in [-0.3, -0.25) is 5.32 Å². The standard InChI is InChI=1S/C7H9ClF3N/c1-5(8)4-12-6(2-3-6)7(9,10)11/h12H,1-4H2. The third kappa shape index (κ3) is 1.93. The van der Waals surface area contributed by atoms with Gasteiger partial charge in [-0.1, -0.05) is 18.2 Å². The Balaban J connectivity index is 2.46. The summed E-state index contributed by atoms with van der Waals surface area (Å²) in [4.78, 5) is 0. The average molecular weight is 200 g/mol. The Morgan fingerprint density at radius 2 is 2.00 bits per heavy atom. The highest BCUT2D eigenvalue weighted by molar-refractivity contribution is 6.29. The van der Waals surface area contributed by atoms with Crippen molar-refractivity contribution in [2.24, 2.45) is 0 Å². The van der Waals surface area contributed by atoms with Crippen LogP contribution in [0.4, 0.5) is 13.2 Å². The molecule has 0 spiro atoms. The first-order valence-electron chi connectivity index (χ1n) is 3.52. The summed E-state index contributed by atoms with van der Waals surface area (Å²) in [6, 6.07) is 0. The molecule has 1 N–H and O–H groups in total. The average Bonchev–Trinajstić information content (AvgIpc) is 2.60. The molecule has 0 amide bonds. The smallest absolute Gasteiger partial charge is 0.299 e. The topological polar surface area (TPSA) is 12.0 Å². The Hall–Kier alpha value is -0.220. The molecular formula is C7H9ClF3N. The molecule has 1 aliphatic rings. The molecule has 1 saturated carbocycles. The van der Waals surface area contributed by atoms with Crippen LogP contribution in [0.2, 0.25) is 0 Å². The van der Waals surface area contributed by atoms with Gasteiger partial charge < -0.3 is 0 Å². The summed E-state index contributed by atoms with van der Waals surface area (Å²) in [5.74, 6) is 0. The summed E-state index contributed by atoms with van der Waals surface area (Å²) < 4.78 is 36.6. The van der Waals surface area contributed by atoms with Crippen molar-refractivity contribution in [3.05, 3.63) is 11.6 Å². The van der Waals surface area contributed by atoms with Crippen molar-refractivity contribution in [3.63, 3.8) is 0 Å². The van der Waals surface area contributed by atoms with Crippen molar-refractivity contribution >= 4 is 11.6 Å². The highest BCUT2D eigenvalue weighted by Crippen LogP contribution is 2.48. The Morgan fingerprint density at radius 1 is 1.50 bits per heavy atom. The van der Waals surface area contributed by atoms with Crippen LogP contribution in [-0.2, 0) is 0 Å². The molecule has 0 unspecified atom stereocenters. The third-order valence-corrected chi connectivity index (χ3v) is 2.04. The van der Waals surface area contributed by atoms with Crippen molar-refractivity contribution in [1.82, 2.24) is 5.32 Å². The Bertz CT molecular complexity index is 195. The SMILES string of the molecule is C=C(Cl)CNC1(C(F)(F)F)CC1. The normalized spacial score (nSPS) is 20.7. The van der Waals surface area contributed by atoms with E-state index in [1.54, 1.807) is 0 Å². The fourth-order valence-corrected chi connectivity index (χ4v) is 1.02. The number of hydrogen-bond donors (Lipinski definition) is 1. The van der Waals surface area contributed by atoms with Gasteiger partial charge in [0.15, 0.2) is 0 Å². The minimum atomic E-state index is -4.17. The van der Waals surface area contributed by atoms with Gasteiger partial charge in [-0.05, 0) is 12.8 Å². The molecule has 70 valence electrons. The molecule has 0 aromatic heterocycles. The summed E-state index contributed by atoms with van der Waals surface area (Å²) in [5.41, 5.74) is -1.68. The lowest BCUT2D eigenvalue weighted by molar-refractivity contribution is -0.165. The first kappa shape index (κ1) is 9.86. The molecule has 0 radical (unpaired) electrons. The Morgan fingerprint density at radius 3 is 2.25 bits per heavy atom. The van der Waals surface area contributed by atoms with E-state index in [1.807, 2.05) is 0 Å². The number of hydrogen-bond acceptors (Lipinski definition) is 1. The molecule has 1 rings (SSSR count). The third-order valence-electron chi connectivity index (χ3n) is 1.91. The van der Waals surface area contributed by atoms with Crippen LogP contribution >= 0.6 is 11.6 Å². The minimum absolute atomic E-state index is 0.0149. The highest BCUT2D eigenvalue weighted by atomic mass is 35.5. The van der Waals surface area contributed by atoms with Crippen LogP contribution in [0.15, 0.2) is 11.6 Å². The van der Waals surface area contributed by atoms with E-state index in [9.17, 15) is 13.2 Å². The van der Waals surface area contributed by atoms with Gasteiger partial charge in [0.05, 0.1) is 0 Å². The van der Waals surface area contributed by atoms with E-state index >= 15 is 0 Å². The lowest BCUT2D eigenvalue weighted by Crippen LogP contribution is -2.45. The van der Waals surface area contributed by atoms with E-state index in [0.717, 1.165) is 0 Å². The molecule has 0 aromatic rings. The second kappa shape index (κ2) is 2.92. The maximum Gasteiger partial charge on any atom is 0.406 e. The predicted octanol–water partition coefficient (Wildman–Crippen LogP) is 2.42. The van der Waals surface area contributed by atoms with Crippen LogP contribution in [-0.4, -0.2) is 18.3 Å². The monoisotopic (exact) mass is 199 g/mol. The van der Waals surface area contributed by atoms with Crippen molar-refractivity contribution in [1.29, 1.82) is 0 Å². The number of alkyl halides is 3. The fourth-order valence-electron chi connectivity index (χ4n) is 0.951. The van der Waals surface area contributed by atoms with Crippen molar-refractivity contribution in [3.8, 4) is 0 Å². The van der Waals surface area contributed by atoms with E-state index < -0.39 is 11.7 Å². The molecule has 0 heterocycles. The Kier molecular flexibility index (Phi) is 2.40. The van der Waals surface area contributed by atoms with Crippen molar-refractivity contribution in [2.45, 2.75) is 24.6 Å². The van der Waals surface area contributed by atoms with Gasteiger partial charge in [-0.15, -0.1) is 0 Å². The van der Waals surface area contributed by atoms with Gasteiger partial charge in [0, 0.05) is 11.6 Å². The maximum atomic E-state index is 12.2. The lowest BCUT2D eigenvalue weighted by atomic mass is 10.2. The molecule has 5 heteroatoms. The number of nitrogens with one attached hydrogen (secondary N) is 1. The van der Waals surface area contributed by atoms with E-state index in [4.69, 9.17) is 11.6 Å². The minimum Gasteiger partial charge on any atom is -0.299 e. The second-order valence-electron chi connectivity index (χ2n) is 2.95. The molecule has 0 bridgehead atoms. The van der Waals surface area contributed by atoms with Crippen LogP contribution in [0.1, 0.15) is 12.8 Å². The number of rotatable bonds is 3. The van der Waals surface area contributed by atoms with Gasteiger partial charge in [0.25, 0.3) is 0 Å². The van der Waals surface area contributed by atoms with Crippen LogP contribution in [0.3, 0.4) is 0 Å². The zero-order chi connectivity index (χ0) is 9.41. The van der Waals surface area contributed by atoms with Crippen LogP contribution in [0, 0.1) is 0 Å². The molecular weight excluding hydrogens is 191 g/mol. The quantitative estimate of drug-likeness (QED) is 0.736. The van der Waals surface area contributed by atoms with Crippen molar-refractivity contribution < 1.29 is 13.2 Å². The summed E-state index contributed by atoms with van der Waals surface area (Å²) in [6.45, 7) is 3.32. The van der Waals surface area contributed by atoms with Gasteiger partial charge in [0.2, 0.25) is 0 Å². The van der Waals surface area contributed by atoms with Gasteiger partial charge in [-0.2, -0.15) is 13.2 Å². The molecule has 1 nitrogen and oxygen atoms in total. The van der Waals surface area contributed by atoms with Gasteiger partial charge in [-0.25, -0.2) is 0 Å². The van der Waals surface area contributed by atoms with Crippen LogP contribution in [0.25, 0.3) is 0 Å². The fraction of sp³-hybridized carbons (Fsp3) is 0.714. The molecule has 0 saturated heterocycles. The van der Waals surface area contributed by atoms with E-state index in [1.165, 1.54) is 0 Å². The zero-order valence-corrected chi connectivity index (χ0v) is 7.10. The largest absolute Gasteiger partial charge is 0.406 e. The number of halogens is 4. The van der Waals surface area contributed by atoms with Gasteiger partial charge in [0.1, 0.15) is 5.54 Å². The lowest BCUT2D eigenvalue weighted by Gasteiger charge is -2.20. The zero-order valence-electron chi connectivity index (χ0n) is 6.34. The van der Waals surface area contributed by atoms with Crippen LogP contribution < -0.4 is 5.32 Å². The Labute approximate surface area is 73.6 Å². The predicted molar refractivity (Wildman–Crippen MR) is 41.0 cm³/mol. The first-order chi connectivity index (χ1) is 5.37. The summed E-state index contributed by atoms with van der Waals surface area (Å²) in [5, 5.41) is 2.55. The highest BCUT2D eigenvalue weighted by Gasteiger charge is 2.62. The van der Waals surface area contributed by atoms with Gasteiger partial charge >= 0.3 is 6.18 Å². The molecule has 0 atom stereocenters. The van der Waals surface area contributed by atoms with Crippen LogP contribution in [0.5, 0.6) is 0 Å². The summed E-state index contributed by atoms with van der Waals surface area (Å²) in [7, 11) is 0. The molecule has 1 aliphatic carbocycles. The van der Waals surface area contributed by atoms with E-state index in [0.29, 0.717) is 0 Å². The van der Waals surface area contributed by atoms with E-state index in [-0.39, 0.29) is 24.4 Å². The first-order valence-corrected chi connectivity index (χ1v) is 3.90.